The number of carbonyl (C=O) groups excluding carboxylic acids is 2. The molecule has 1 aliphatic heterocycles. The number of rotatable bonds is 5. The van der Waals surface area contributed by atoms with Gasteiger partial charge in [-0.15, -0.1) is 0 Å². The Labute approximate surface area is 172 Å². The van der Waals surface area contributed by atoms with Crippen molar-refractivity contribution in [1.29, 1.82) is 0 Å². The molecule has 1 heterocycles. The van der Waals surface area contributed by atoms with Crippen LogP contribution in [0.1, 0.15) is 16.7 Å². The Balaban J connectivity index is 1.44. The Bertz CT molecular complexity index is 835. The van der Waals surface area contributed by atoms with Crippen molar-refractivity contribution in [3.05, 3.63) is 59.2 Å². The molecular formula is C23H30N4O2. The number of amides is 2. The summed E-state index contributed by atoms with van der Waals surface area (Å²) < 4.78 is 0. The van der Waals surface area contributed by atoms with Gasteiger partial charge in [-0.3, -0.25) is 9.59 Å². The van der Waals surface area contributed by atoms with E-state index in [2.05, 4.69) is 51.7 Å². The first-order chi connectivity index (χ1) is 13.9. The number of nitrogens with one attached hydrogen (secondary N) is 2. The zero-order valence-electron chi connectivity index (χ0n) is 17.5. The number of carbonyl (C=O) groups is 2. The molecule has 0 bridgehead atoms. The highest BCUT2D eigenvalue weighted by atomic mass is 16.2. The Morgan fingerprint density at radius 1 is 0.897 bits per heavy atom. The van der Waals surface area contributed by atoms with Crippen LogP contribution in [-0.2, 0) is 16.0 Å². The second kappa shape index (κ2) is 9.56. The van der Waals surface area contributed by atoms with Gasteiger partial charge in [0.15, 0.2) is 0 Å². The highest BCUT2D eigenvalue weighted by molar-refractivity contribution is 6.39. The number of benzene rings is 2. The number of likely N-dealkylation sites (N-methyl/N-ethyl adjacent to an activating group) is 1. The van der Waals surface area contributed by atoms with E-state index in [1.165, 1.54) is 5.69 Å². The predicted molar refractivity (Wildman–Crippen MR) is 117 cm³/mol. The third-order valence-electron chi connectivity index (χ3n) is 5.19. The van der Waals surface area contributed by atoms with E-state index in [0.717, 1.165) is 42.9 Å². The molecule has 2 aromatic carbocycles. The fourth-order valence-corrected chi connectivity index (χ4v) is 3.57. The van der Waals surface area contributed by atoms with Crippen molar-refractivity contribution < 1.29 is 9.59 Å². The van der Waals surface area contributed by atoms with Crippen LogP contribution in [0.25, 0.3) is 0 Å². The number of anilines is 2. The standard InChI is InChI=1S/C23H30N4O2/c1-17-14-18(2)16-20(15-17)25-23(29)22(28)24-9-8-19-4-6-21(7-5-19)27-12-10-26(3)11-13-27/h4-7,14-16H,8-13H2,1-3H3,(H,24,28)(H,25,29). The minimum atomic E-state index is -0.639. The van der Waals surface area contributed by atoms with E-state index < -0.39 is 11.8 Å². The molecule has 6 nitrogen and oxygen atoms in total. The maximum Gasteiger partial charge on any atom is 0.313 e. The lowest BCUT2D eigenvalue weighted by atomic mass is 10.1. The van der Waals surface area contributed by atoms with Gasteiger partial charge < -0.3 is 20.4 Å². The number of aryl methyl sites for hydroxylation is 2. The van der Waals surface area contributed by atoms with Crippen LogP contribution >= 0.6 is 0 Å². The van der Waals surface area contributed by atoms with E-state index in [1.54, 1.807) is 0 Å². The van der Waals surface area contributed by atoms with Crippen LogP contribution in [0.3, 0.4) is 0 Å². The van der Waals surface area contributed by atoms with E-state index in [-0.39, 0.29) is 0 Å². The molecule has 2 amide bonds. The Hall–Kier alpha value is -2.86. The molecule has 0 unspecified atom stereocenters. The summed E-state index contributed by atoms with van der Waals surface area (Å²) >= 11 is 0. The SMILES string of the molecule is Cc1cc(C)cc(NC(=O)C(=O)NCCc2ccc(N3CCN(C)CC3)cc2)c1. The van der Waals surface area contributed by atoms with Gasteiger partial charge in [0, 0.05) is 44.1 Å². The van der Waals surface area contributed by atoms with Crippen LogP contribution in [0.5, 0.6) is 0 Å². The Morgan fingerprint density at radius 3 is 2.14 bits per heavy atom. The van der Waals surface area contributed by atoms with Crippen molar-refractivity contribution in [3.63, 3.8) is 0 Å². The first-order valence-corrected chi connectivity index (χ1v) is 10.1. The summed E-state index contributed by atoms with van der Waals surface area (Å²) in [5, 5.41) is 5.36. The van der Waals surface area contributed by atoms with Gasteiger partial charge >= 0.3 is 11.8 Å². The molecule has 6 heteroatoms. The lowest BCUT2D eigenvalue weighted by Gasteiger charge is -2.34. The van der Waals surface area contributed by atoms with Crippen LogP contribution in [0, 0.1) is 13.8 Å². The van der Waals surface area contributed by atoms with Gasteiger partial charge in [-0.25, -0.2) is 0 Å². The van der Waals surface area contributed by atoms with E-state index in [4.69, 9.17) is 0 Å². The maximum absolute atomic E-state index is 12.1. The molecule has 2 aromatic rings. The van der Waals surface area contributed by atoms with Crippen molar-refractivity contribution >= 4 is 23.2 Å². The summed E-state index contributed by atoms with van der Waals surface area (Å²) in [5.74, 6) is -1.25. The molecule has 1 aliphatic rings. The quantitative estimate of drug-likeness (QED) is 0.764. The lowest BCUT2D eigenvalue weighted by molar-refractivity contribution is -0.136. The Morgan fingerprint density at radius 2 is 1.52 bits per heavy atom. The molecule has 1 fully saturated rings. The normalized spacial score (nSPS) is 14.5. The predicted octanol–water partition coefficient (Wildman–Crippen LogP) is 2.35. The van der Waals surface area contributed by atoms with Gasteiger partial charge in [-0.05, 0) is 68.3 Å². The summed E-state index contributed by atoms with van der Waals surface area (Å²) in [6.07, 6.45) is 0.686. The topological polar surface area (TPSA) is 64.7 Å². The van der Waals surface area contributed by atoms with Gasteiger partial charge in [0.25, 0.3) is 0 Å². The highest BCUT2D eigenvalue weighted by Crippen LogP contribution is 2.17. The summed E-state index contributed by atoms with van der Waals surface area (Å²) in [7, 11) is 2.15. The number of piperazine rings is 1. The average Bonchev–Trinajstić information content (AvgIpc) is 2.68. The van der Waals surface area contributed by atoms with Crippen LogP contribution in [0.4, 0.5) is 11.4 Å². The third-order valence-corrected chi connectivity index (χ3v) is 5.19. The molecule has 1 saturated heterocycles. The van der Waals surface area contributed by atoms with Crippen molar-refractivity contribution in [1.82, 2.24) is 10.2 Å². The highest BCUT2D eigenvalue weighted by Gasteiger charge is 2.15. The minimum absolute atomic E-state index is 0.424. The largest absolute Gasteiger partial charge is 0.369 e. The zero-order valence-corrected chi connectivity index (χ0v) is 17.5. The Kier molecular flexibility index (Phi) is 6.88. The van der Waals surface area contributed by atoms with Crippen molar-refractivity contribution in [2.45, 2.75) is 20.3 Å². The van der Waals surface area contributed by atoms with Crippen molar-refractivity contribution in [2.24, 2.45) is 0 Å². The number of hydrogen-bond donors (Lipinski definition) is 2. The molecule has 154 valence electrons. The zero-order chi connectivity index (χ0) is 20.8. The molecule has 3 rings (SSSR count). The summed E-state index contributed by atoms with van der Waals surface area (Å²) in [6, 6.07) is 14.2. The van der Waals surface area contributed by atoms with Gasteiger partial charge in [0.1, 0.15) is 0 Å². The van der Waals surface area contributed by atoms with Crippen LogP contribution in [-0.4, -0.2) is 56.5 Å². The van der Waals surface area contributed by atoms with E-state index in [1.807, 2.05) is 32.0 Å². The fraction of sp³-hybridized carbons (Fsp3) is 0.391. The van der Waals surface area contributed by atoms with Crippen LogP contribution < -0.4 is 15.5 Å². The number of nitrogens with zero attached hydrogens (tertiary/aromatic N) is 2. The second-order valence-electron chi connectivity index (χ2n) is 7.79. The molecular weight excluding hydrogens is 364 g/mol. The first-order valence-electron chi connectivity index (χ1n) is 10.1. The molecule has 0 aromatic heterocycles. The number of hydrogen-bond acceptors (Lipinski definition) is 4. The van der Waals surface area contributed by atoms with E-state index in [0.29, 0.717) is 18.7 Å². The van der Waals surface area contributed by atoms with Crippen molar-refractivity contribution in [3.8, 4) is 0 Å². The van der Waals surface area contributed by atoms with Crippen LogP contribution in [0.2, 0.25) is 0 Å². The van der Waals surface area contributed by atoms with Gasteiger partial charge in [0.05, 0.1) is 0 Å². The van der Waals surface area contributed by atoms with Crippen molar-refractivity contribution in [2.75, 3.05) is 50.0 Å². The summed E-state index contributed by atoms with van der Waals surface area (Å²) in [6.45, 7) is 8.58. The fourth-order valence-electron chi connectivity index (χ4n) is 3.57. The molecule has 0 aliphatic carbocycles. The summed E-state index contributed by atoms with van der Waals surface area (Å²) in [5.41, 5.74) is 5.10. The average molecular weight is 395 g/mol. The molecule has 0 saturated carbocycles. The smallest absolute Gasteiger partial charge is 0.313 e. The molecule has 0 atom stereocenters. The van der Waals surface area contributed by atoms with E-state index >= 15 is 0 Å². The first kappa shape index (κ1) is 20.9. The lowest BCUT2D eigenvalue weighted by Crippen LogP contribution is -2.44. The third kappa shape index (κ3) is 6.06. The van der Waals surface area contributed by atoms with E-state index in [9.17, 15) is 9.59 Å². The molecule has 2 N–H and O–H groups in total. The summed E-state index contributed by atoms with van der Waals surface area (Å²) in [4.78, 5) is 28.9. The van der Waals surface area contributed by atoms with Gasteiger partial charge in [-0.1, -0.05) is 18.2 Å². The van der Waals surface area contributed by atoms with Gasteiger partial charge in [0.2, 0.25) is 0 Å². The molecule has 0 radical (unpaired) electrons. The van der Waals surface area contributed by atoms with Gasteiger partial charge in [-0.2, -0.15) is 0 Å². The second-order valence-corrected chi connectivity index (χ2v) is 7.79. The minimum Gasteiger partial charge on any atom is -0.369 e. The molecule has 29 heavy (non-hydrogen) atoms. The van der Waals surface area contributed by atoms with Crippen LogP contribution in [0.15, 0.2) is 42.5 Å². The maximum atomic E-state index is 12.1. The molecule has 0 spiro atoms. The monoisotopic (exact) mass is 394 g/mol.